The maximum absolute atomic E-state index is 5.70. The number of nitrogens with one attached hydrogen (secondary N) is 1. The molecule has 0 saturated carbocycles. The van der Waals surface area contributed by atoms with Crippen molar-refractivity contribution in [3.63, 3.8) is 0 Å². The predicted octanol–water partition coefficient (Wildman–Crippen LogP) is 2.19. The van der Waals surface area contributed by atoms with Gasteiger partial charge >= 0.3 is 0 Å². The van der Waals surface area contributed by atoms with Crippen LogP contribution in [0.2, 0.25) is 0 Å². The van der Waals surface area contributed by atoms with Gasteiger partial charge in [-0.05, 0) is 47.9 Å². The number of rotatable bonds is 5. The number of hydrazine groups is 1. The molecule has 0 spiro atoms. The van der Waals surface area contributed by atoms with Gasteiger partial charge in [0, 0.05) is 18.4 Å². The molecule has 2 atom stereocenters. The summed E-state index contributed by atoms with van der Waals surface area (Å²) in [4.78, 5) is 4.15. The highest BCUT2D eigenvalue weighted by molar-refractivity contribution is 5.40. The van der Waals surface area contributed by atoms with Crippen LogP contribution in [0.1, 0.15) is 29.0 Å². The van der Waals surface area contributed by atoms with Crippen molar-refractivity contribution in [2.24, 2.45) is 5.84 Å². The first kappa shape index (κ1) is 12.3. The zero-order valence-electron chi connectivity index (χ0n) is 10.9. The number of hydrogen-bond donors (Lipinski definition) is 2. The summed E-state index contributed by atoms with van der Waals surface area (Å²) in [7, 11) is 0. The Bertz CT molecular complexity index is 539. The first-order valence-corrected chi connectivity index (χ1v) is 6.79. The van der Waals surface area contributed by atoms with Crippen molar-refractivity contribution < 1.29 is 0 Å². The van der Waals surface area contributed by atoms with Gasteiger partial charge in [0.05, 0.1) is 0 Å². The fraction of sp³-hybridized carbons (Fsp3) is 0.312. The second-order valence-corrected chi connectivity index (χ2v) is 5.26. The van der Waals surface area contributed by atoms with E-state index in [2.05, 4.69) is 40.7 Å². The van der Waals surface area contributed by atoms with Gasteiger partial charge in [0.1, 0.15) is 0 Å². The Labute approximate surface area is 113 Å². The average molecular weight is 253 g/mol. The summed E-state index contributed by atoms with van der Waals surface area (Å²) in [6.45, 7) is 0. The topological polar surface area (TPSA) is 50.9 Å². The molecule has 2 aromatic rings. The number of aromatic nitrogens is 1. The molecule has 0 fully saturated rings. The van der Waals surface area contributed by atoms with Gasteiger partial charge in [-0.3, -0.25) is 16.3 Å². The van der Waals surface area contributed by atoms with Crippen LogP contribution in [0.4, 0.5) is 0 Å². The van der Waals surface area contributed by atoms with E-state index in [1.807, 2.05) is 12.3 Å². The summed E-state index contributed by atoms with van der Waals surface area (Å²) >= 11 is 0. The van der Waals surface area contributed by atoms with Gasteiger partial charge in [-0.2, -0.15) is 0 Å². The Morgan fingerprint density at radius 1 is 1.26 bits per heavy atom. The number of fused-ring (bicyclic) bond motifs is 1. The van der Waals surface area contributed by atoms with E-state index in [0.717, 1.165) is 12.8 Å². The van der Waals surface area contributed by atoms with Crippen LogP contribution in [-0.2, 0) is 12.8 Å². The quantitative estimate of drug-likeness (QED) is 0.634. The number of nitrogens with zero attached hydrogens (tertiary/aromatic N) is 1. The van der Waals surface area contributed by atoms with Gasteiger partial charge < -0.3 is 0 Å². The molecule has 3 heteroatoms. The number of hydrogen-bond acceptors (Lipinski definition) is 3. The third-order valence-electron chi connectivity index (χ3n) is 3.97. The summed E-state index contributed by atoms with van der Waals surface area (Å²) in [6, 6.07) is 13.1. The zero-order chi connectivity index (χ0) is 13.1. The summed E-state index contributed by atoms with van der Waals surface area (Å²) in [6.07, 6.45) is 6.92. The lowest BCUT2D eigenvalue weighted by Crippen LogP contribution is -2.39. The Morgan fingerprint density at radius 3 is 2.89 bits per heavy atom. The van der Waals surface area contributed by atoms with Crippen molar-refractivity contribution in [1.29, 1.82) is 0 Å². The lowest BCUT2D eigenvalue weighted by atomic mass is 9.74. The minimum atomic E-state index is 0.308. The highest BCUT2D eigenvalue weighted by Crippen LogP contribution is 2.38. The van der Waals surface area contributed by atoms with E-state index in [9.17, 15) is 0 Å². The minimum absolute atomic E-state index is 0.308. The Hall–Kier alpha value is -1.71. The normalized spacial score (nSPS) is 18.5. The summed E-state index contributed by atoms with van der Waals surface area (Å²) < 4.78 is 0. The van der Waals surface area contributed by atoms with Crippen LogP contribution in [0.5, 0.6) is 0 Å². The Morgan fingerprint density at radius 2 is 2.16 bits per heavy atom. The van der Waals surface area contributed by atoms with E-state index in [1.165, 1.54) is 23.1 Å². The van der Waals surface area contributed by atoms with E-state index in [1.54, 1.807) is 6.20 Å². The van der Waals surface area contributed by atoms with Gasteiger partial charge in [0.15, 0.2) is 0 Å². The molecular formula is C16H19N3. The molecule has 1 aliphatic rings. The second kappa shape index (κ2) is 5.51. The van der Waals surface area contributed by atoms with Crippen LogP contribution in [0, 0.1) is 0 Å². The van der Waals surface area contributed by atoms with Crippen molar-refractivity contribution in [3.05, 3.63) is 65.5 Å². The third kappa shape index (κ3) is 2.67. The van der Waals surface area contributed by atoms with Crippen LogP contribution >= 0.6 is 0 Å². The predicted molar refractivity (Wildman–Crippen MR) is 76.6 cm³/mol. The summed E-state index contributed by atoms with van der Waals surface area (Å²) in [5.74, 6) is 6.34. The SMILES string of the molecule is NNC(Cc1cccnc1)CC1Cc2ccccc21. The molecule has 0 amide bonds. The molecule has 1 aromatic carbocycles. The van der Waals surface area contributed by atoms with Crippen LogP contribution in [0.3, 0.4) is 0 Å². The van der Waals surface area contributed by atoms with Crippen LogP contribution in [0.25, 0.3) is 0 Å². The van der Waals surface area contributed by atoms with E-state index in [4.69, 9.17) is 5.84 Å². The first-order chi connectivity index (χ1) is 9.36. The molecule has 0 bridgehead atoms. The molecule has 98 valence electrons. The van der Waals surface area contributed by atoms with E-state index in [0.29, 0.717) is 12.0 Å². The minimum Gasteiger partial charge on any atom is -0.271 e. The molecule has 2 unspecified atom stereocenters. The lowest BCUT2D eigenvalue weighted by molar-refractivity contribution is 0.421. The lowest BCUT2D eigenvalue weighted by Gasteiger charge is -2.33. The van der Waals surface area contributed by atoms with Crippen molar-refractivity contribution in [1.82, 2.24) is 10.4 Å². The largest absolute Gasteiger partial charge is 0.271 e. The highest BCUT2D eigenvalue weighted by atomic mass is 15.2. The fourth-order valence-electron chi connectivity index (χ4n) is 2.93. The van der Waals surface area contributed by atoms with Crippen LogP contribution in [0.15, 0.2) is 48.8 Å². The molecule has 0 saturated heterocycles. The van der Waals surface area contributed by atoms with Gasteiger partial charge in [-0.1, -0.05) is 30.3 Å². The molecule has 3 nitrogen and oxygen atoms in total. The van der Waals surface area contributed by atoms with Gasteiger partial charge in [0.25, 0.3) is 0 Å². The van der Waals surface area contributed by atoms with Crippen molar-refractivity contribution in [3.8, 4) is 0 Å². The molecule has 1 aliphatic carbocycles. The number of benzene rings is 1. The highest BCUT2D eigenvalue weighted by Gasteiger charge is 2.27. The smallest absolute Gasteiger partial charge is 0.0300 e. The first-order valence-electron chi connectivity index (χ1n) is 6.79. The maximum Gasteiger partial charge on any atom is 0.0300 e. The van der Waals surface area contributed by atoms with Crippen molar-refractivity contribution in [2.45, 2.75) is 31.2 Å². The molecule has 0 radical (unpaired) electrons. The number of pyridine rings is 1. The van der Waals surface area contributed by atoms with E-state index >= 15 is 0 Å². The zero-order valence-corrected chi connectivity index (χ0v) is 10.9. The Kier molecular flexibility index (Phi) is 3.58. The van der Waals surface area contributed by atoms with Gasteiger partial charge in [-0.15, -0.1) is 0 Å². The second-order valence-electron chi connectivity index (χ2n) is 5.26. The Balaban J connectivity index is 1.63. The van der Waals surface area contributed by atoms with Crippen molar-refractivity contribution in [2.75, 3.05) is 0 Å². The third-order valence-corrected chi connectivity index (χ3v) is 3.97. The van der Waals surface area contributed by atoms with Crippen LogP contribution < -0.4 is 11.3 Å². The van der Waals surface area contributed by atoms with Gasteiger partial charge in [0.2, 0.25) is 0 Å². The van der Waals surface area contributed by atoms with Crippen molar-refractivity contribution >= 4 is 0 Å². The monoisotopic (exact) mass is 253 g/mol. The standard InChI is InChI=1S/C16H19N3/c17-19-15(8-12-4-3-7-18-11-12)10-14-9-13-5-1-2-6-16(13)14/h1-7,11,14-15,19H,8-10,17H2. The molecule has 0 aliphatic heterocycles. The molecular weight excluding hydrogens is 234 g/mol. The van der Waals surface area contributed by atoms with E-state index in [-0.39, 0.29) is 0 Å². The summed E-state index contributed by atoms with van der Waals surface area (Å²) in [5, 5.41) is 0. The molecule has 19 heavy (non-hydrogen) atoms. The van der Waals surface area contributed by atoms with Gasteiger partial charge in [-0.25, -0.2) is 0 Å². The molecule has 1 aromatic heterocycles. The average Bonchev–Trinajstić information content (AvgIpc) is 2.44. The molecule has 1 heterocycles. The van der Waals surface area contributed by atoms with E-state index < -0.39 is 0 Å². The maximum atomic E-state index is 5.70. The van der Waals surface area contributed by atoms with Crippen LogP contribution in [-0.4, -0.2) is 11.0 Å². The fourth-order valence-corrected chi connectivity index (χ4v) is 2.93. The summed E-state index contributed by atoms with van der Waals surface area (Å²) in [5.41, 5.74) is 7.17. The molecule has 3 N–H and O–H groups in total. The molecule has 3 rings (SSSR count). The number of nitrogens with two attached hydrogens (primary N) is 1.